The Balaban J connectivity index is 0.000000241. The van der Waals surface area contributed by atoms with Crippen LogP contribution in [0.5, 0.6) is 0 Å². The molecule has 0 spiro atoms. The van der Waals surface area contributed by atoms with Crippen molar-refractivity contribution in [1.29, 1.82) is 0 Å². The number of carboxylic acid groups (broad SMARTS) is 2. The highest BCUT2D eigenvalue weighted by Gasteiger charge is 2.08. The van der Waals surface area contributed by atoms with E-state index in [2.05, 4.69) is 4.98 Å². The first-order valence-electron chi connectivity index (χ1n) is 8.79. The molecule has 0 aliphatic heterocycles. The second-order valence-electron chi connectivity index (χ2n) is 5.92. The van der Waals surface area contributed by atoms with E-state index in [4.69, 9.17) is 68.1 Å². The number of carboxylic acids is 2. The standard InChI is InChI=1S/2C7H7Cl2N.C7H5NO4/c2*8-6-2-1-5(4-10)7(9)3-6;9-6(10)4-1-2-8-5(3-4)7(11)12/h2*1-3H,4,10H2;1-3H,(H,9,10)(H,11,12). The van der Waals surface area contributed by atoms with Crippen LogP contribution >= 0.6 is 46.4 Å². The van der Waals surface area contributed by atoms with Crippen molar-refractivity contribution < 1.29 is 19.8 Å². The molecule has 6 N–H and O–H groups in total. The second-order valence-corrected chi connectivity index (χ2v) is 7.61. The lowest BCUT2D eigenvalue weighted by Gasteiger charge is -1.98. The van der Waals surface area contributed by atoms with Crippen molar-refractivity contribution in [3.8, 4) is 0 Å². The first kappa shape index (κ1) is 27.6. The van der Waals surface area contributed by atoms with Crippen molar-refractivity contribution in [2.45, 2.75) is 13.1 Å². The lowest BCUT2D eigenvalue weighted by atomic mass is 10.2. The van der Waals surface area contributed by atoms with Gasteiger partial charge >= 0.3 is 11.9 Å². The van der Waals surface area contributed by atoms with Gasteiger partial charge in [-0.1, -0.05) is 58.5 Å². The molecule has 2 aromatic carbocycles. The summed E-state index contributed by atoms with van der Waals surface area (Å²) in [6, 6.07) is 12.8. The fraction of sp³-hybridized carbons (Fsp3) is 0.0952. The van der Waals surface area contributed by atoms with Crippen LogP contribution in [-0.2, 0) is 13.1 Å². The van der Waals surface area contributed by atoms with Gasteiger partial charge in [-0.2, -0.15) is 0 Å². The number of aromatic nitrogens is 1. The van der Waals surface area contributed by atoms with Crippen LogP contribution in [0.2, 0.25) is 20.1 Å². The lowest BCUT2D eigenvalue weighted by molar-refractivity contribution is 0.0690. The Morgan fingerprint density at radius 3 is 1.56 bits per heavy atom. The van der Waals surface area contributed by atoms with Gasteiger partial charge in [0.25, 0.3) is 0 Å². The third-order valence-corrected chi connectivity index (χ3v) is 4.87. The number of halogens is 4. The van der Waals surface area contributed by atoms with Crippen molar-refractivity contribution in [1.82, 2.24) is 4.98 Å². The number of benzene rings is 2. The minimum atomic E-state index is -1.24. The van der Waals surface area contributed by atoms with Crippen LogP contribution in [0.15, 0.2) is 54.7 Å². The molecule has 3 rings (SSSR count). The van der Waals surface area contributed by atoms with Crippen molar-refractivity contribution in [2.75, 3.05) is 0 Å². The molecule has 0 bridgehead atoms. The minimum absolute atomic E-state index is 0.0811. The maximum Gasteiger partial charge on any atom is 0.354 e. The van der Waals surface area contributed by atoms with E-state index in [9.17, 15) is 9.59 Å². The van der Waals surface area contributed by atoms with Crippen LogP contribution < -0.4 is 11.5 Å². The summed E-state index contributed by atoms with van der Waals surface area (Å²) >= 11 is 22.8. The maximum atomic E-state index is 10.4. The van der Waals surface area contributed by atoms with Gasteiger partial charge in [-0.3, -0.25) is 0 Å². The summed E-state index contributed by atoms with van der Waals surface area (Å²) in [7, 11) is 0. The van der Waals surface area contributed by atoms with Crippen LogP contribution in [0, 0.1) is 0 Å². The van der Waals surface area contributed by atoms with Gasteiger partial charge in [0.2, 0.25) is 0 Å². The highest BCUT2D eigenvalue weighted by atomic mass is 35.5. The average Bonchev–Trinajstić information content (AvgIpc) is 2.75. The Labute approximate surface area is 204 Å². The van der Waals surface area contributed by atoms with Crippen LogP contribution in [0.3, 0.4) is 0 Å². The van der Waals surface area contributed by atoms with Crippen LogP contribution in [0.1, 0.15) is 32.0 Å². The third-order valence-electron chi connectivity index (χ3n) is 3.70. The Bertz CT molecular complexity index is 1000. The minimum Gasteiger partial charge on any atom is -0.478 e. The van der Waals surface area contributed by atoms with Crippen molar-refractivity contribution in [3.05, 3.63) is 97.2 Å². The van der Waals surface area contributed by atoms with Gasteiger partial charge < -0.3 is 21.7 Å². The largest absolute Gasteiger partial charge is 0.478 e. The molecular weight excluding hydrogens is 500 g/mol. The van der Waals surface area contributed by atoms with E-state index in [-0.39, 0.29) is 11.3 Å². The average molecular weight is 519 g/mol. The summed E-state index contributed by atoms with van der Waals surface area (Å²) in [5.74, 6) is -2.40. The topological polar surface area (TPSA) is 140 Å². The van der Waals surface area contributed by atoms with Crippen molar-refractivity contribution >= 4 is 58.3 Å². The van der Waals surface area contributed by atoms with Gasteiger partial charge in [0.15, 0.2) is 0 Å². The predicted octanol–water partition coefficient (Wildman–Crippen LogP) is 5.38. The molecule has 0 radical (unpaired) electrons. The highest BCUT2D eigenvalue weighted by Crippen LogP contribution is 2.20. The molecule has 0 fully saturated rings. The zero-order valence-electron chi connectivity index (χ0n) is 16.4. The van der Waals surface area contributed by atoms with Gasteiger partial charge in [0.1, 0.15) is 5.69 Å². The molecule has 0 saturated heterocycles. The Morgan fingerprint density at radius 1 is 0.750 bits per heavy atom. The van der Waals surface area contributed by atoms with E-state index in [1.165, 1.54) is 6.07 Å². The SMILES string of the molecule is NCc1ccc(Cl)cc1Cl.NCc1ccc(Cl)cc1Cl.O=C(O)c1ccnc(C(=O)O)c1. The van der Waals surface area contributed by atoms with Crippen LogP contribution in [0.4, 0.5) is 0 Å². The summed E-state index contributed by atoms with van der Waals surface area (Å²) in [6.07, 6.45) is 1.15. The molecule has 0 atom stereocenters. The van der Waals surface area contributed by atoms with Crippen LogP contribution in [0.25, 0.3) is 0 Å². The molecule has 1 heterocycles. The van der Waals surface area contributed by atoms with Gasteiger partial charge in [-0.05, 0) is 47.5 Å². The highest BCUT2D eigenvalue weighted by molar-refractivity contribution is 6.35. The van der Waals surface area contributed by atoms with Crippen LogP contribution in [-0.4, -0.2) is 27.1 Å². The van der Waals surface area contributed by atoms with Crippen molar-refractivity contribution in [2.24, 2.45) is 11.5 Å². The normalized spacial score (nSPS) is 9.69. The Kier molecular flexibility index (Phi) is 12.0. The van der Waals surface area contributed by atoms with E-state index < -0.39 is 11.9 Å². The molecule has 0 saturated carbocycles. The first-order chi connectivity index (χ1) is 15.1. The molecule has 1 aromatic heterocycles. The summed E-state index contributed by atoms with van der Waals surface area (Å²) in [5.41, 5.74) is 12.2. The van der Waals surface area contributed by atoms with E-state index in [0.717, 1.165) is 23.4 Å². The van der Waals surface area contributed by atoms with Gasteiger partial charge in [-0.25, -0.2) is 14.6 Å². The fourth-order valence-corrected chi connectivity index (χ4v) is 3.03. The number of pyridine rings is 1. The van der Waals surface area contributed by atoms with Gasteiger partial charge in [0, 0.05) is 39.4 Å². The number of hydrogen-bond donors (Lipinski definition) is 4. The van der Waals surface area contributed by atoms with E-state index in [0.29, 0.717) is 33.2 Å². The van der Waals surface area contributed by atoms with E-state index in [1.807, 2.05) is 12.1 Å². The molecule has 7 nitrogen and oxygen atoms in total. The number of hydrogen-bond acceptors (Lipinski definition) is 5. The Hall–Kier alpha value is -2.39. The number of aromatic carboxylic acids is 2. The zero-order valence-corrected chi connectivity index (χ0v) is 19.5. The Morgan fingerprint density at radius 2 is 1.22 bits per heavy atom. The molecule has 0 unspecified atom stereocenters. The predicted molar refractivity (Wildman–Crippen MR) is 127 cm³/mol. The summed E-state index contributed by atoms with van der Waals surface area (Å²) in [5, 5.41) is 19.5. The second kappa shape index (κ2) is 13.9. The monoisotopic (exact) mass is 517 g/mol. The summed E-state index contributed by atoms with van der Waals surface area (Å²) in [4.78, 5) is 24.1. The molecule has 32 heavy (non-hydrogen) atoms. The summed E-state index contributed by atoms with van der Waals surface area (Å²) < 4.78 is 0. The quantitative estimate of drug-likeness (QED) is 0.363. The molecule has 3 aromatic rings. The molecule has 0 amide bonds. The number of nitrogens with two attached hydrogens (primary N) is 2. The van der Waals surface area contributed by atoms with Gasteiger partial charge in [0.05, 0.1) is 5.56 Å². The van der Waals surface area contributed by atoms with Gasteiger partial charge in [-0.15, -0.1) is 0 Å². The fourth-order valence-electron chi connectivity index (χ4n) is 2.05. The van der Waals surface area contributed by atoms with E-state index in [1.54, 1.807) is 24.3 Å². The summed E-state index contributed by atoms with van der Waals surface area (Å²) in [6.45, 7) is 0.909. The lowest BCUT2D eigenvalue weighted by Crippen LogP contribution is -2.03. The molecule has 0 aliphatic carbocycles. The number of rotatable bonds is 4. The molecule has 170 valence electrons. The molecule has 11 heteroatoms. The smallest absolute Gasteiger partial charge is 0.354 e. The molecule has 0 aliphatic rings. The number of carbonyl (C=O) groups is 2. The zero-order chi connectivity index (χ0) is 24.3. The van der Waals surface area contributed by atoms with E-state index >= 15 is 0 Å². The third kappa shape index (κ3) is 9.40. The molecular formula is C21H19Cl4N3O4. The number of nitrogens with zero attached hydrogens (tertiary/aromatic N) is 1. The maximum absolute atomic E-state index is 10.4. The first-order valence-corrected chi connectivity index (χ1v) is 10.3. The van der Waals surface area contributed by atoms with Crippen molar-refractivity contribution in [3.63, 3.8) is 0 Å².